The lowest BCUT2D eigenvalue weighted by molar-refractivity contribution is -0.130. The van der Waals surface area contributed by atoms with Crippen molar-refractivity contribution >= 4 is 27.5 Å². The number of rotatable bonds is 6. The number of carbonyl (C=O) groups is 1. The first-order chi connectivity index (χ1) is 12.0. The minimum Gasteiger partial charge on any atom is -0.334 e. The van der Waals surface area contributed by atoms with Crippen molar-refractivity contribution in [2.24, 2.45) is 0 Å². The molecule has 0 spiro atoms. The minimum absolute atomic E-state index is 0.0398. The molecule has 1 saturated heterocycles. The third-order valence-corrected chi connectivity index (χ3v) is 6.64. The van der Waals surface area contributed by atoms with Crippen LogP contribution in [0.1, 0.15) is 12.0 Å². The van der Waals surface area contributed by atoms with Gasteiger partial charge in [-0.2, -0.15) is 0 Å². The van der Waals surface area contributed by atoms with Gasteiger partial charge in [-0.05, 0) is 18.1 Å². The lowest BCUT2D eigenvalue weighted by atomic mass is 10.1. The monoisotopic (exact) mass is 377 g/mol. The molecule has 0 radical (unpaired) electrons. The first kappa shape index (κ1) is 17.9. The van der Waals surface area contributed by atoms with Crippen LogP contribution in [0.4, 0.5) is 0 Å². The molecule has 2 aromatic rings. The van der Waals surface area contributed by atoms with E-state index in [-0.39, 0.29) is 29.2 Å². The molecule has 0 saturated carbocycles. The summed E-state index contributed by atoms with van der Waals surface area (Å²) in [6.45, 7) is 0.413. The quantitative estimate of drug-likeness (QED) is 0.564. The second-order valence-corrected chi connectivity index (χ2v) is 9.06. The van der Waals surface area contributed by atoms with Crippen molar-refractivity contribution in [3.63, 3.8) is 0 Å². The van der Waals surface area contributed by atoms with Gasteiger partial charge in [0.15, 0.2) is 15.0 Å². The Hall–Kier alpha value is -1.93. The Balaban J connectivity index is 1.72. The van der Waals surface area contributed by atoms with Crippen molar-refractivity contribution in [1.29, 1.82) is 0 Å². The van der Waals surface area contributed by atoms with Gasteiger partial charge in [-0.15, -0.1) is 0 Å². The Labute approximate surface area is 151 Å². The number of aromatic nitrogens is 2. The number of hydrogen-bond acceptors (Lipinski definition) is 6. The molecule has 132 valence electrons. The van der Waals surface area contributed by atoms with Gasteiger partial charge in [0, 0.05) is 25.0 Å². The van der Waals surface area contributed by atoms with Gasteiger partial charge in [0.2, 0.25) is 5.91 Å². The largest absolute Gasteiger partial charge is 0.334 e. The molecule has 1 amide bonds. The summed E-state index contributed by atoms with van der Waals surface area (Å²) in [5.41, 5.74) is 0.987. The average molecular weight is 377 g/mol. The van der Waals surface area contributed by atoms with Crippen LogP contribution in [-0.4, -0.2) is 52.5 Å². The molecule has 0 N–H and O–H groups in total. The van der Waals surface area contributed by atoms with Crippen molar-refractivity contribution in [3.8, 4) is 0 Å². The Morgan fingerprint density at radius 2 is 1.88 bits per heavy atom. The van der Waals surface area contributed by atoms with E-state index in [2.05, 4.69) is 9.97 Å². The predicted octanol–water partition coefficient (Wildman–Crippen LogP) is 1.78. The van der Waals surface area contributed by atoms with Crippen LogP contribution < -0.4 is 0 Å². The van der Waals surface area contributed by atoms with Crippen LogP contribution in [0.2, 0.25) is 0 Å². The van der Waals surface area contributed by atoms with Crippen LogP contribution in [-0.2, 0) is 21.2 Å². The lowest BCUT2D eigenvalue weighted by Crippen LogP contribution is -2.41. The highest BCUT2D eigenvalue weighted by Crippen LogP contribution is 2.22. The molecule has 8 heteroatoms. The van der Waals surface area contributed by atoms with Crippen molar-refractivity contribution in [2.45, 2.75) is 24.2 Å². The van der Waals surface area contributed by atoms with E-state index in [9.17, 15) is 13.2 Å². The first-order valence-electron chi connectivity index (χ1n) is 7.97. The molecule has 2 heterocycles. The molecule has 1 fully saturated rings. The van der Waals surface area contributed by atoms with Crippen LogP contribution >= 0.6 is 11.8 Å². The van der Waals surface area contributed by atoms with E-state index in [4.69, 9.17) is 0 Å². The molecule has 3 rings (SSSR count). The number of thioether (sulfide) groups is 1. The summed E-state index contributed by atoms with van der Waals surface area (Å²) in [4.78, 5) is 22.7. The molecule has 0 unspecified atom stereocenters. The summed E-state index contributed by atoms with van der Waals surface area (Å²) in [6.07, 6.45) is 3.75. The molecule has 1 aliphatic heterocycles. The Morgan fingerprint density at radius 3 is 2.52 bits per heavy atom. The maximum atomic E-state index is 12.8. The fourth-order valence-electron chi connectivity index (χ4n) is 2.79. The molecular weight excluding hydrogens is 358 g/mol. The molecule has 25 heavy (non-hydrogen) atoms. The van der Waals surface area contributed by atoms with Gasteiger partial charge in [0.1, 0.15) is 0 Å². The van der Waals surface area contributed by atoms with E-state index in [0.717, 1.165) is 5.56 Å². The molecular formula is C17H19N3O3S2. The third kappa shape index (κ3) is 5.02. The van der Waals surface area contributed by atoms with E-state index < -0.39 is 9.84 Å². The van der Waals surface area contributed by atoms with Crippen molar-refractivity contribution in [1.82, 2.24) is 14.9 Å². The zero-order valence-corrected chi connectivity index (χ0v) is 15.2. The first-order valence-corrected chi connectivity index (χ1v) is 10.8. The van der Waals surface area contributed by atoms with Crippen molar-refractivity contribution in [3.05, 3.63) is 54.4 Å². The number of hydrogen-bond donors (Lipinski definition) is 0. The van der Waals surface area contributed by atoms with Crippen molar-refractivity contribution in [2.75, 3.05) is 17.3 Å². The molecule has 6 nitrogen and oxygen atoms in total. The second kappa shape index (κ2) is 7.97. The van der Waals surface area contributed by atoms with Gasteiger partial charge < -0.3 is 4.90 Å². The summed E-state index contributed by atoms with van der Waals surface area (Å²) in [7, 11) is -3.06. The molecule has 0 bridgehead atoms. The molecule has 0 aliphatic carbocycles. The summed E-state index contributed by atoms with van der Waals surface area (Å²) >= 11 is 1.26. The highest BCUT2D eigenvalue weighted by atomic mass is 32.2. The maximum absolute atomic E-state index is 12.8. The SMILES string of the molecule is O=C(CSc1ncccn1)N(Cc1ccccc1)[C@@H]1CCS(=O)(=O)C1. The Bertz CT molecular complexity index is 814. The highest BCUT2D eigenvalue weighted by molar-refractivity contribution is 7.99. The van der Waals surface area contributed by atoms with Gasteiger partial charge in [-0.3, -0.25) is 4.79 Å². The van der Waals surface area contributed by atoms with Crippen LogP contribution in [0.5, 0.6) is 0 Å². The maximum Gasteiger partial charge on any atom is 0.233 e. The molecule has 1 aromatic heterocycles. The van der Waals surface area contributed by atoms with Crippen LogP contribution in [0.15, 0.2) is 53.9 Å². The van der Waals surface area contributed by atoms with Crippen molar-refractivity contribution < 1.29 is 13.2 Å². The highest BCUT2D eigenvalue weighted by Gasteiger charge is 2.34. The fraction of sp³-hybridized carbons (Fsp3) is 0.353. The van der Waals surface area contributed by atoms with Crippen LogP contribution in [0.25, 0.3) is 0 Å². The molecule has 1 aromatic carbocycles. The van der Waals surface area contributed by atoms with Gasteiger partial charge in [-0.1, -0.05) is 42.1 Å². The fourth-order valence-corrected chi connectivity index (χ4v) is 5.21. The zero-order valence-electron chi connectivity index (χ0n) is 13.6. The Kier molecular flexibility index (Phi) is 5.70. The second-order valence-electron chi connectivity index (χ2n) is 5.88. The van der Waals surface area contributed by atoms with Gasteiger partial charge >= 0.3 is 0 Å². The van der Waals surface area contributed by atoms with E-state index in [1.54, 1.807) is 23.4 Å². The predicted molar refractivity (Wildman–Crippen MR) is 96.8 cm³/mol. The zero-order chi connectivity index (χ0) is 17.7. The van der Waals surface area contributed by atoms with Crippen LogP contribution in [0.3, 0.4) is 0 Å². The lowest BCUT2D eigenvalue weighted by Gasteiger charge is -2.28. The van der Waals surface area contributed by atoms with E-state index in [1.165, 1.54) is 11.8 Å². The van der Waals surface area contributed by atoms with E-state index >= 15 is 0 Å². The van der Waals surface area contributed by atoms with Crippen LogP contribution in [0, 0.1) is 0 Å². The van der Waals surface area contributed by atoms with Gasteiger partial charge in [0.05, 0.1) is 17.3 Å². The number of sulfone groups is 1. The van der Waals surface area contributed by atoms with E-state index in [0.29, 0.717) is 18.1 Å². The average Bonchev–Trinajstić information content (AvgIpc) is 2.99. The summed E-state index contributed by atoms with van der Waals surface area (Å²) < 4.78 is 23.7. The summed E-state index contributed by atoms with van der Waals surface area (Å²) in [6, 6.07) is 11.1. The third-order valence-electron chi connectivity index (χ3n) is 4.03. The minimum atomic E-state index is -3.06. The summed E-state index contributed by atoms with van der Waals surface area (Å²) in [5, 5.41) is 0.537. The number of benzene rings is 1. The standard InChI is InChI=1S/C17H19N3O3S2/c21-16(12-24-17-18-8-4-9-19-17)20(11-14-5-2-1-3-6-14)15-7-10-25(22,23)13-15/h1-6,8-9,15H,7,10-13H2/t15-/m1/s1. The van der Waals surface area contributed by atoms with Gasteiger partial charge in [0.25, 0.3) is 0 Å². The molecule has 1 atom stereocenters. The number of nitrogens with zero attached hydrogens (tertiary/aromatic N) is 3. The topological polar surface area (TPSA) is 80.2 Å². The van der Waals surface area contributed by atoms with E-state index in [1.807, 2.05) is 30.3 Å². The number of amides is 1. The number of carbonyl (C=O) groups excluding carboxylic acids is 1. The van der Waals surface area contributed by atoms with Gasteiger partial charge in [-0.25, -0.2) is 18.4 Å². The normalized spacial score (nSPS) is 18.8. The smallest absolute Gasteiger partial charge is 0.233 e. The summed E-state index contributed by atoms with van der Waals surface area (Å²) in [5.74, 6) is 0.278. The molecule has 1 aliphatic rings. The Morgan fingerprint density at radius 1 is 1.16 bits per heavy atom.